The summed E-state index contributed by atoms with van der Waals surface area (Å²) in [5.41, 5.74) is 1.17. The second kappa shape index (κ2) is 7.48. The summed E-state index contributed by atoms with van der Waals surface area (Å²) in [5.74, 6) is 0.0887. The average Bonchev–Trinajstić information content (AvgIpc) is 3.29. The van der Waals surface area contributed by atoms with Crippen molar-refractivity contribution in [3.05, 3.63) is 29.8 Å². The molecule has 2 heterocycles. The van der Waals surface area contributed by atoms with Gasteiger partial charge in [0.15, 0.2) is 5.79 Å². The first-order chi connectivity index (χ1) is 13.0. The van der Waals surface area contributed by atoms with Gasteiger partial charge in [-0.25, -0.2) is 4.79 Å². The van der Waals surface area contributed by atoms with E-state index in [1.165, 1.54) is 4.90 Å². The van der Waals surface area contributed by atoms with E-state index in [2.05, 4.69) is 12.2 Å². The molecule has 0 bridgehead atoms. The second-order valence-corrected chi connectivity index (χ2v) is 7.67. The van der Waals surface area contributed by atoms with Crippen LogP contribution in [-0.2, 0) is 14.2 Å². The number of hydrogen-bond donors (Lipinski definition) is 1. The number of amides is 2. The minimum Gasteiger partial charge on any atom is -0.447 e. The van der Waals surface area contributed by atoms with Crippen LogP contribution < -0.4 is 10.2 Å². The van der Waals surface area contributed by atoms with Gasteiger partial charge in [0.1, 0.15) is 12.7 Å². The van der Waals surface area contributed by atoms with Crippen LogP contribution in [0.25, 0.3) is 0 Å². The van der Waals surface area contributed by atoms with Gasteiger partial charge in [0.2, 0.25) is 0 Å². The lowest BCUT2D eigenvalue weighted by Gasteiger charge is -2.34. The molecule has 1 atom stereocenters. The maximum Gasteiger partial charge on any atom is 0.414 e. The van der Waals surface area contributed by atoms with E-state index in [1.807, 2.05) is 0 Å². The van der Waals surface area contributed by atoms with Crippen molar-refractivity contribution < 1.29 is 23.8 Å². The Balaban J connectivity index is 1.32. The summed E-state index contributed by atoms with van der Waals surface area (Å²) >= 11 is 0. The first kappa shape index (κ1) is 18.3. The fourth-order valence-corrected chi connectivity index (χ4v) is 3.93. The molecule has 1 spiro atoms. The number of hydrogen-bond acceptors (Lipinski definition) is 5. The Hall–Kier alpha value is -2.12. The van der Waals surface area contributed by atoms with Gasteiger partial charge in [0.05, 0.1) is 13.2 Å². The standard InChI is InChI=1S/C20H26N2O5/c1-14-5-7-20(8-6-14)26-13-17(27-20)12-21-18(23)15-3-2-4-16(11-15)22-9-10-25-19(22)24/h2-4,11,14,17H,5-10,12-13H2,1H3,(H,21,23)/t14?,17-,20?/m1/s1. The number of nitrogens with one attached hydrogen (secondary N) is 1. The fraction of sp³-hybridized carbons (Fsp3) is 0.600. The number of benzene rings is 1. The van der Waals surface area contributed by atoms with Crippen molar-refractivity contribution in [2.24, 2.45) is 5.92 Å². The molecule has 7 nitrogen and oxygen atoms in total. The summed E-state index contributed by atoms with van der Waals surface area (Å²) in [6, 6.07) is 7.00. The SMILES string of the molecule is CC1CCC2(CC1)OC[C@@H](CNC(=O)c1cccc(N3CCOC3=O)c1)O2. The molecule has 0 unspecified atom stereocenters. The highest BCUT2D eigenvalue weighted by molar-refractivity contribution is 5.97. The van der Waals surface area contributed by atoms with Crippen molar-refractivity contribution in [1.29, 1.82) is 0 Å². The van der Waals surface area contributed by atoms with Gasteiger partial charge in [-0.2, -0.15) is 0 Å². The van der Waals surface area contributed by atoms with Crippen LogP contribution >= 0.6 is 0 Å². The molecule has 7 heteroatoms. The van der Waals surface area contributed by atoms with Gasteiger partial charge in [0, 0.05) is 30.6 Å². The number of ether oxygens (including phenoxy) is 3. The molecule has 4 rings (SSSR count). The molecule has 0 aromatic heterocycles. The van der Waals surface area contributed by atoms with Gasteiger partial charge < -0.3 is 19.5 Å². The van der Waals surface area contributed by atoms with Crippen LogP contribution in [0.5, 0.6) is 0 Å². The molecule has 2 aliphatic heterocycles. The molecule has 1 N–H and O–H groups in total. The summed E-state index contributed by atoms with van der Waals surface area (Å²) < 4.78 is 17.0. The lowest BCUT2D eigenvalue weighted by atomic mass is 9.86. The number of rotatable bonds is 4. The maximum atomic E-state index is 12.5. The molecule has 1 aliphatic carbocycles. The van der Waals surface area contributed by atoms with E-state index in [0.717, 1.165) is 31.6 Å². The Labute approximate surface area is 158 Å². The lowest BCUT2D eigenvalue weighted by molar-refractivity contribution is -0.191. The van der Waals surface area contributed by atoms with Gasteiger partial charge in [-0.15, -0.1) is 0 Å². The van der Waals surface area contributed by atoms with Crippen molar-refractivity contribution in [2.45, 2.75) is 44.5 Å². The van der Waals surface area contributed by atoms with Crippen molar-refractivity contribution in [3.63, 3.8) is 0 Å². The van der Waals surface area contributed by atoms with Crippen LogP contribution in [0.2, 0.25) is 0 Å². The Morgan fingerprint density at radius 2 is 2.15 bits per heavy atom. The van der Waals surface area contributed by atoms with E-state index in [1.54, 1.807) is 24.3 Å². The van der Waals surface area contributed by atoms with E-state index >= 15 is 0 Å². The molecule has 1 aromatic carbocycles. The molecule has 27 heavy (non-hydrogen) atoms. The van der Waals surface area contributed by atoms with Crippen LogP contribution in [0, 0.1) is 5.92 Å². The van der Waals surface area contributed by atoms with Crippen molar-refractivity contribution in [1.82, 2.24) is 5.32 Å². The molecular formula is C20H26N2O5. The minimum atomic E-state index is -0.446. The van der Waals surface area contributed by atoms with E-state index in [4.69, 9.17) is 14.2 Å². The Kier molecular flexibility index (Phi) is 5.06. The first-order valence-electron chi connectivity index (χ1n) is 9.69. The number of carbonyl (C=O) groups excluding carboxylic acids is 2. The smallest absolute Gasteiger partial charge is 0.414 e. The van der Waals surface area contributed by atoms with Crippen LogP contribution in [0.3, 0.4) is 0 Å². The summed E-state index contributed by atoms with van der Waals surface area (Å²) in [7, 11) is 0. The van der Waals surface area contributed by atoms with Crippen LogP contribution in [0.15, 0.2) is 24.3 Å². The fourth-order valence-electron chi connectivity index (χ4n) is 3.93. The van der Waals surface area contributed by atoms with Gasteiger partial charge in [-0.1, -0.05) is 13.0 Å². The monoisotopic (exact) mass is 374 g/mol. The summed E-state index contributed by atoms with van der Waals surface area (Å²) in [4.78, 5) is 25.7. The molecule has 3 aliphatic rings. The van der Waals surface area contributed by atoms with Gasteiger partial charge in [-0.3, -0.25) is 9.69 Å². The van der Waals surface area contributed by atoms with E-state index < -0.39 is 5.79 Å². The molecule has 0 radical (unpaired) electrons. The molecule has 3 fully saturated rings. The summed E-state index contributed by atoms with van der Waals surface area (Å²) in [6.07, 6.45) is 3.57. The number of cyclic esters (lactones) is 1. The summed E-state index contributed by atoms with van der Waals surface area (Å²) in [6.45, 7) is 4.04. The zero-order valence-corrected chi connectivity index (χ0v) is 15.6. The highest BCUT2D eigenvalue weighted by Crippen LogP contribution is 2.39. The summed E-state index contributed by atoms with van der Waals surface area (Å²) in [5, 5.41) is 2.92. The highest BCUT2D eigenvalue weighted by Gasteiger charge is 2.43. The third-order valence-corrected chi connectivity index (χ3v) is 5.62. The Morgan fingerprint density at radius 1 is 1.33 bits per heavy atom. The molecule has 1 aromatic rings. The first-order valence-corrected chi connectivity index (χ1v) is 9.69. The van der Waals surface area contributed by atoms with Crippen LogP contribution in [-0.4, -0.2) is 50.2 Å². The van der Waals surface area contributed by atoms with E-state index in [0.29, 0.717) is 37.6 Å². The zero-order valence-electron chi connectivity index (χ0n) is 15.6. The minimum absolute atomic E-state index is 0.126. The van der Waals surface area contributed by atoms with Crippen LogP contribution in [0.4, 0.5) is 10.5 Å². The molecule has 146 valence electrons. The van der Waals surface area contributed by atoms with Gasteiger partial charge >= 0.3 is 6.09 Å². The predicted octanol–water partition coefficient (Wildman–Crippen LogP) is 2.69. The second-order valence-electron chi connectivity index (χ2n) is 7.67. The lowest BCUT2D eigenvalue weighted by Crippen LogP contribution is -2.38. The molecule has 2 saturated heterocycles. The average molecular weight is 374 g/mol. The number of anilines is 1. The third-order valence-electron chi connectivity index (χ3n) is 5.62. The number of carbonyl (C=O) groups is 2. The van der Waals surface area contributed by atoms with Crippen molar-refractivity contribution in [3.8, 4) is 0 Å². The van der Waals surface area contributed by atoms with E-state index in [-0.39, 0.29) is 18.1 Å². The Morgan fingerprint density at radius 3 is 2.89 bits per heavy atom. The van der Waals surface area contributed by atoms with Crippen molar-refractivity contribution >= 4 is 17.7 Å². The normalized spacial score (nSPS) is 30.6. The van der Waals surface area contributed by atoms with Crippen LogP contribution in [0.1, 0.15) is 43.0 Å². The quantitative estimate of drug-likeness (QED) is 0.877. The Bertz CT molecular complexity index is 714. The molecule has 1 saturated carbocycles. The van der Waals surface area contributed by atoms with Gasteiger partial charge in [-0.05, 0) is 37.0 Å². The topological polar surface area (TPSA) is 77.1 Å². The van der Waals surface area contributed by atoms with Gasteiger partial charge in [0.25, 0.3) is 5.91 Å². The van der Waals surface area contributed by atoms with Crippen molar-refractivity contribution in [2.75, 3.05) is 31.2 Å². The largest absolute Gasteiger partial charge is 0.447 e. The molecule has 2 amide bonds. The van der Waals surface area contributed by atoms with E-state index in [9.17, 15) is 9.59 Å². The maximum absolute atomic E-state index is 12.5. The predicted molar refractivity (Wildman–Crippen MR) is 98.7 cm³/mol. The highest BCUT2D eigenvalue weighted by atomic mass is 16.7. The third kappa shape index (κ3) is 3.94. The number of nitrogens with zero attached hydrogens (tertiary/aromatic N) is 1. The molecular weight excluding hydrogens is 348 g/mol. The zero-order chi connectivity index (χ0) is 18.9.